The molecule has 0 aliphatic carbocycles. The maximum Gasteiger partial charge on any atom is 0.286 e. The van der Waals surface area contributed by atoms with Gasteiger partial charge in [-0.15, -0.1) is 12.4 Å². The Morgan fingerprint density at radius 1 is 1.44 bits per heavy atom. The first-order chi connectivity index (χ1) is 7.90. The minimum atomic E-state index is -0.0174. The fourth-order valence-electron chi connectivity index (χ4n) is 2.36. The predicted molar refractivity (Wildman–Crippen MR) is 69.2 cm³/mol. The summed E-state index contributed by atoms with van der Waals surface area (Å²) in [5, 5.41) is 13.4. The Morgan fingerprint density at radius 3 is 2.56 bits per heavy atom. The average molecular weight is 276 g/mol. The van der Waals surface area contributed by atoms with Crippen LogP contribution in [0.5, 0.6) is 0 Å². The lowest BCUT2D eigenvalue weighted by atomic mass is 10.00. The highest BCUT2D eigenvalue weighted by Gasteiger charge is 2.34. The zero-order valence-corrected chi connectivity index (χ0v) is 12.2. The quantitative estimate of drug-likeness (QED) is 0.764. The number of aromatic nitrogens is 2. The third-order valence-electron chi connectivity index (χ3n) is 3.32. The van der Waals surface area contributed by atoms with E-state index in [0.29, 0.717) is 6.04 Å². The second-order valence-electron chi connectivity index (χ2n) is 5.49. The topological polar surface area (TPSA) is 61.5 Å². The lowest BCUT2D eigenvalue weighted by molar-refractivity contribution is -0.771. The first kappa shape index (κ1) is 15.0. The highest BCUT2D eigenvalue weighted by atomic mass is 35.5. The van der Waals surface area contributed by atoms with Gasteiger partial charge in [0.15, 0.2) is 0 Å². The van der Waals surface area contributed by atoms with Gasteiger partial charge in [0.1, 0.15) is 0 Å². The van der Waals surface area contributed by atoms with E-state index in [-0.39, 0.29) is 23.5 Å². The summed E-state index contributed by atoms with van der Waals surface area (Å²) in [4.78, 5) is 4.11. The molecule has 1 N–H and O–H groups in total. The lowest BCUT2D eigenvalue weighted by Crippen LogP contribution is -2.75. The Bertz CT molecular complexity index is 439. The summed E-state index contributed by atoms with van der Waals surface area (Å²) in [5.41, 5.74) is 0.0725. The van der Waals surface area contributed by atoms with Gasteiger partial charge in [0, 0.05) is 31.2 Å². The molecule has 1 saturated heterocycles. The van der Waals surface area contributed by atoms with Crippen molar-refractivity contribution in [2.75, 3.05) is 24.6 Å². The molecule has 1 aromatic rings. The molecule has 0 amide bonds. The van der Waals surface area contributed by atoms with Crippen molar-refractivity contribution >= 4 is 12.4 Å². The number of nitrogens with zero attached hydrogens (tertiary/aromatic N) is 4. The number of hydrogen-bond donors (Lipinski definition) is 1. The standard InChI is InChI=1S/C11H21N5O.ClH/c1-9(2)14-5-6-15(11(3,4)8-14)16-7-10(12)17-13-16;/h7,9,12H,5-6,8H2,1-4H3;1H. The van der Waals surface area contributed by atoms with Crippen LogP contribution < -0.4 is 20.6 Å². The van der Waals surface area contributed by atoms with Crippen molar-refractivity contribution in [2.24, 2.45) is 0 Å². The van der Waals surface area contributed by atoms with Crippen molar-refractivity contribution < 1.29 is 9.31 Å². The first-order valence-electron chi connectivity index (χ1n) is 6.02. The third-order valence-corrected chi connectivity index (χ3v) is 3.32. The van der Waals surface area contributed by atoms with Crippen LogP contribution in [-0.4, -0.2) is 36.1 Å². The van der Waals surface area contributed by atoms with E-state index < -0.39 is 0 Å². The highest BCUT2D eigenvalue weighted by molar-refractivity contribution is 5.85. The summed E-state index contributed by atoms with van der Waals surface area (Å²) in [7, 11) is 0. The van der Waals surface area contributed by atoms with Gasteiger partial charge in [0.05, 0.1) is 0 Å². The van der Waals surface area contributed by atoms with Crippen LogP contribution in [0, 0.1) is 5.41 Å². The number of rotatable bonds is 2. The molecule has 0 radical (unpaired) electrons. The van der Waals surface area contributed by atoms with Crippen LogP contribution in [0.15, 0.2) is 10.7 Å². The van der Waals surface area contributed by atoms with Crippen molar-refractivity contribution in [1.29, 1.82) is 5.41 Å². The number of halogens is 1. The average Bonchev–Trinajstić information content (AvgIpc) is 2.62. The van der Waals surface area contributed by atoms with Gasteiger partial charge < -0.3 is 9.42 Å². The van der Waals surface area contributed by atoms with E-state index in [0.717, 1.165) is 19.6 Å². The second kappa shape index (κ2) is 5.32. The van der Waals surface area contributed by atoms with Gasteiger partial charge in [-0.2, -0.15) is 0 Å². The summed E-state index contributed by atoms with van der Waals surface area (Å²) in [6, 6.07) is 0.561. The molecule has 104 valence electrons. The highest BCUT2D eigenvalue weighted by Crippen LogP contribution is 2.17. The second-order valence-corrected chi connectivity index (χ2v) is 5.49. The molecule has 0 spiro atoms. The molecule has 1 aromatic heterocycles. The van der Waals surface area contributed by atoms with Crippen molar-refractivity contribution in [2.45, 2.75) is 39.3 Å². The minimum absolute atomic E-state index is 0. The largest absolute Gasteiger partial charge is 0.380 e. The Balaban J connectivity index is 0.00000162. The first-order valence-corrected chi connectivity index (χ1v) is 6.02. The normalized spacial score (nSPS) is 19.9. The van der Waals surface area contributed by atoms with E-state index in [9.17, 15) is 0 Å². The minimum Gasteiger partial charge on any atom is -0.380 e. The van der Waals surface area contributed by atoms with Crippen molar-refractivity contribution in [1.82, 2.24) is 10.2 Å². The molecule has 0 unspecified atom stereocenters. The van der Waals surface area contributed by atoms with Crippen molar-refractivity contribution in [3.8, 4) is 0 Å². The van der Waals surface area contributed by atoms with E-state index in [1.54, 1.807) is 11.0 Å². The molecule has 0 atom stereocenters. The number of hydrogen-bond acceptors (Lipinski definition) is 4. The fraction of sp³-hybridized carbons (Fsp3) is 0.818. The van der Waals surface area contributed by atoms with Gasteiger partial charge in [-0.05, 0) is 19.1 Å². The Kier molecular flexibility index (Phi) is 4.45. The number of nitrogens with one attached hydrogen (secondary N) is 1. The summed E-state index contributed by atoms with van der Waals surface area (Å²) in [6.45, 7) is 11.7. The molecular weight excluding hydrogens is 254 g/mol. The van der Waals surface area contributed by atoms with Gasteiger partial charge in [-0.25, -0.2) is 0 Å². The lowest BCUT2D eigenvalue weighted by Gasteiger charge is -2.48. The molecule has 6 nitrogen and oxygen atoms in total. The van der Waals surface area contributed by atoms with Gasteiger partial charge in [-0.3, -0.25) is 10.4 Å². The van der Waals surface area contributed by atoms with Crippen LogP contribution >= 0.6 is 12.4 Å². The zero-order valence-electron chi connectivity index (χ0n) is 11.4. The summed E-state index contributed by atoms with van der Waals surface area (Å²) in [6.07, 6.45) is 1.60. The van der Waals surface area contributed by atoms with Crippen LogP contribution in [0.3, 0.4) is 0 Å². The predicted octanol–water partition coefficient (Wildman–Crippen LogP) is -0.134. The molecule has 7 heteroatoms. The SMILES string of the molecule is CC(C)N1CCN([n+]2cc(=N)o[n-]2)C(C)(C)C1.Cl. The monoisotopic (exact) mass is 275 g/mol. The van der Waals surface area contributed by atoms with Crippen LogP contribution in [0.2, 0.25) is 0 Å². The molecule has 18 heavy (non-hydrogen) atoms. The smallest absolute Gasteiger partial charge is 0.286 e. The maximum atomic E-state index is 7.38. The molecule has 1 aliphatic rings. The maximum absolute atomic E-state index is 7.38. The Hall–Kier alpha value is -1.01. The molecule has 0 saturated carbocycles. The Labute approximate surface area is 113 Å². The zero-order chi connectivity index (χ0) is 12.6. The third kappa shape index (κ3) is 2.87. The van der Waals surface area contributed by atoms with Gasteiger partial charge >= 0.3 is 0 Å². The molecule has 0 bridgehead atoms. The van der Waals surface area contributed by atoms with Crippen LogP contribution in [-0.2, 0) is 0 Å². The van der Waals surface area contributed by atoms with Gasteiger partial charge in [0.25, 0.3) is 11.8 Å². The summed E-state index contributed by atoms with van der Waals surface area (Å²) in [5.74, 6) is 0. The van der Waals surface area contributed by atoms with Gasteiger partial charge in [0.2, 0.25) is 0 Å². The van der Waals surface area contributed by atoms with E-state index in [1.807, 2.05) is 0 Å². The Morgan fingerprint density at radius 2 is 2.11 bits per heavy atom. The van der Waals surface area contributed by atoms with E-state index in [2.05, 4.69) is 42.9 Å². The van der Waals surface area contributed by atoms with Gasteiger partial charge in [-0.1, -0.05) is 18.6 Å². The molecule has 1 fully saturated rings. The van der Waals surface area contributed by atoms with Crippen LogP contribution in [0.4, 0.5) is 0 Å². The van der Waals surface area contributed by atoms with E-state index in [4.69, 9.17) is 9.93 Å². The molecule has 2 heterocycles. The van der Waals surface area contributed by atoms with Crippen LogP contribution in [0.25, 0.3) is 0 Å². The molecular formula is C11H22ClN5O. The molecule has 0 aromatic carbocycles. The number of piperazine rings is 1. The molecule has 1 aliphatic heterocycles. The molecule has 2 rings (SSSR count). The van der Waals surface area contributed by atoms with Crippen molar-refractivity contribution in [3.63, 3.8) is 0 Å². The summed E-state index contributed by atoms with van der Waals surface area (Å²) >= 11 is 0. The summed E-state index contributed by atoms with van der Waals surface area (Å²) < 4.78 is 4.81. The van der Waals surface area contributed by atoms with Crippen LogP contribution in [0.1, 0.15) is 27.7 Å². The fourth-order valence-corrected chi connectivity index (χ4v) is 2.36. The van der Waals surface area contributed by atoms with E-state index in [1.165, 1.54) is 0 Å². The van der Waals surface area contributed by atoms with E-state index >= 15 is 0 Å². The van der Waals surface area contributed by atoms with Crippen molar-refractivity contribution in [3.05, 3.63) is 11.8 Å².